The lowest BCUT2D eigenvalue weighted by molar-refractivity contribution is -0.136. The number of benzene rings is 2. The van der Waals surface area contributed by atoms with Gasteiger partial charge in [-0.15, -0.1) is 0 Å². The molecular weight excluding hydrogens is 879 g/mol. The third-order valence-corrected chi connectivity index (χ3v) is 14.1. The van der Waals surface area contributed by atoms with Crippen LogP contribution in [0.2, 0.25) is 0 Å². The molecule has 3 aromatic heterocycles. The molecule has 0 radical (unpaired) electrons. The van der Waals surface area contributed by atoms with Crippen LogP contribution in [-0.2, 0) is 31.0 Å². The quantitative estimate of drug-likeness (QED) is 0.146. The number of nitrogen functional groups attached to an aromatic ring is 1. The molecule has 5 N–H and O–H groups in total. The van der Waals surface area contributed by atoms with Crippen molar-refractivity contribution in [3.8, 4) is 11.3 Å². The average Bonchev–Trinajstić information content (AvgIpc) is 4.01. The van der Waals surface area contributed by atoms with Gasteiger partial charge in [0.25, 0.3) is 11.8 Å². The Morgan fingerprint density at radius 3 is 2.49 bits per heavy atom. The number of amides is 6. The summed E-state index contributed by atoms with van der Waals surface area (Å²) in [5, 5.41) is 12.5. The maximum absolute atomic E-state index is 13.6. The van der Waals surface area contributed by atoms with Gasteiger partial charge in [-0.2, -0.15) is 0 Å². The molecule has 6 amide bonds. The maximum Gasteiger partial charge on any atom is 0.262 e. The van der Waals surface area contributed by atoms with E-state index in [4.69, 9.17) is 15.2 Å². The predicted molar refractivity (Wildman–Crippen MR) is 257 cm³/mol. The van der Waals surface area contributed by atoms with Gasteiger partial charge in [-0.3, -0.25) is 43.4 Å². The first kappa shape index (κ1) is 45.6. The number of imide groups is 2. The monoisotopic (exact) mass is 935 g/mol. The van der Waals surface area contributed by atoms with Crippen LogP contribution in [0.1, 0.15) is 122 Å². The molecule has 3 atom stereocenters. The zero-order valence-corrected chi connectivity index (χ0v) is 39.1. The summed E-state index contributed by atoms with van der Waals surface area (Å²) in [6.45, 7) is 9.64. The first-order chi connectivity index (χ1) is 33.2. The molecule has 5 aromatic rings. The fourth-order valence-corrected chi connectivity index (χ4v) is 10.4. The van der Waals surface area contributed by atoms with E-state index >= 15 is 0 Å². The van der Waals surface area contributed by atoms with Crippen molar-refractivity contribution in [3.63, 3.8) is 0 Å². The van der Waals surface area contributed by atoms with E-state index in [1.165, 1.54) is 0 Å². The summed E-state index contributed by atoms with van der Waals surface area (Å²) in [5.74, 6) is 0.419. The fourth-order valence-electron chi connectivity index (χ4n) is 10.4. The number of nitrogens with two attached hydrogens (primary N) is 1. The fraction of sp³-hybridized carbons (Fsp3) is 0.431. The zero-order valence-electron chi connectivity index (χ0n) is 39.1. The van der Waals surface area contributed by atoms with E-state index in [0.717, 1.165) is 97.0 Å². The molecule has 10 rings (SSSR count). The number of carbonyl (C=O) groups is 6. The van der Waals surface area contributed by atoms with Crippen LogP contribution in [-0.4, -0.2) is 110 Å². The minimum Gasteiger partial charge on any atom is -0.382 e. The molecule has 69 heavy (non-hydrogen) atoms. The van der Waals surface area contributed by atoms with Crippen LogP contribution in [0.15, 0.2) is 65.3 Å². The molecule has 1 saturated carbocycles. The van der Waals surface area contributed by atoms with E-state index < -0.39 is 29.7 Å². The van der Waals surface area contributed by atoms with Crippen LogP contribution in [0, 0.1) is 5.92 Å². The normalized spacial score (nSPS) is 22.1. The first-order valence-corrected chi connectivity index (χ1v) is 24.0. The molecular formula is C51H57N11O7. The Hall–Kier alpha value is -7.21. The Kier molecular flexibility index (Phi) is 12.1. The van der Waals surface area contributed by atoms with Crippen LogP contribution in [0.3, 0.4) is 0 Å². The number of anilines is 3. The third-order valence-electron chi connectivity index (χ3n) is 14.1. The van der Waals surface area contributed by atoms with E-state index in [1.807, 2.05) is 51.1 Å². The Bertz CT molecular complexity index is 2910. The number of imidazole rings is 1. The molecule has 1 aliphatic carbocycles. The van der Waals surface area contributed by atoms with Gasteiger partial charge in [-0.1, -0.05) is 62.7 Å². The number of rotatable bonds is 8. The second-order valence-electron chi connectivity index (χ2n) is 20.1. The van der Waals surface area contributed by atoms with Crippen LogP contribution < -0.4 is 26.6 Å². The molecule has 0 spiro atoms. The maximum atomic E-state index is 13.6. The summed E-state index contributed by atoms with van der Waals surface area (Å²) in [7, 11) is 0. The molecule has 1 unspecified atom stereocenters. The van der Waals surface area contributed by atoms with Crippen LogP contribution in [0.4, 0.5) is 17.3 Å². The molecule has 2 saturated heterocycles. The van der Waals surface area contributed by atoms with Crippen molar-refractivity contribution in [2.45, 2.75) is 102 Å². The Balaban J connectivity index is 0.832. The molecule has 5 aliphatic rings. The molecule has 2 bridgehead atoms. The summed E-state index contributed by atoms with van der Waals surface area (Å²) in [6.07, 6.45) is 10.9. The van der Waals surface area contributed by atoms with Crippen LogP contribution in [0.5, 0.6) is 0 Å². The number of nitrogens with zero attached hydrogens (tertiary/aromatic N) is 7. The van der Waals surface area contributed by atoms with E-state index in [1.54, 1.807) is 24.4 Å². The van der Waals surface area contributed by atoms with Crippen molar-refractivity contribution in [2.24, 2.45) is 5.92 Å². The molecule has 3 fully saturated rings. The van der Waals surface area contributed by atoms with Crippen molar-refractivity contribution in [3.05, 3.63) is 94.8 Å². The van der Waals surface area contributed by atoms with Crippen molar-refractivity contribution in [1.29, 1.82) is 0 Å². The minimum absolute atomic E-state index is 0.00248. The van der Waals surface area contributed by atoms with E-state index in [-0.39, 0.29) is 59.6 Å². The summed E-state index contributed by atoms with van der Waals surface area (Å²) in [4.78, 5) is 93.1. The Labute approximate surface area is 399 Å². The number of aromatic nitrogens is 4. The number of piperidine rings is 1. The standard InChI is InChI=1S/C51H57N11O7/c1-51(2,3)39-24-40(58-69-39)55-43(65)21-29-10-12-31(13-11-29)44-45-46(52)53-25-35-9-4-5-19-59(20-18-42(64)54-33-8-6-7-32(22-33)47(57-44)61(35)45)26-30-27-60(28-30)34-14-15-36-37(23-34)50(68)62(49(36)67)38-16-17-41(63)56-48(38)66/h4,9-15,23-25,30,32-33,38H,5-8,16-22,26-28H2,1-3H3,(H2,52,53)(H,54,64)(H,55,58,65)(H,56,63,66)/b9-4+/t32-,33-,38?/m1/s1. The van der Waals surface area contributed by atoms with Crippen LogP contribution >= 0.6 is 0 Å². The number of fused-ring (bicyclic) bond motifs is 4. The van der Waals surface area contributed by atoms with Crippen molar-refractivity contribution in [1.82, 2.24) is 40.0 Å². The first-order valence-electron chi connectivity index (χ1n) is 24.0. The van der Waals surface area contributed by atoms with Crippen LogP contribution in [0.25, 0.3) is 22.9 Å². The van der Waals surface area contributed by atoms with Gasteiger partial charge in [0.1, 0.15) is 34.7 Å². The number of nitrogens with one attached hydrogen (secondary N) is 3. The summed E-state index contributed by atoms with van der Waals surface area (Å²) in [6, 6.07) is 13.7. The lowest BCUT2D eigenvalue weighted by atomic mass is 9.85. The molecule has 18 nitrogen and oxygen atoms in total. The highest BCUT2D eigenvalue weighted by molar-refractivity contribution is 6.23. The predicted octanol–water partition coefficient (Wildman–Crippen LogP) is 5.23. The average molecular weight is 936 g/mol. The van der Waals surface area contributed by atoms with Gasteiger partial charge in [-0.25, -0.2) is 9.97 Å². The van der Waals surface area contributed by atoms with E-state index in [0.29, 0.717) is 42.0 Å². The SMILES string of the molecule is CC(C)(C)c1cc(NC(=O)Cc2ccc(-c3nc4n5c(cnc(N)c35)/C=C/CCN(CC3CN(c5ccc6c(c5)C(=O)N(C5CCC(=O)NC5=O)C6=O)C3)CCC(=O)N[C@@H]3CCC[C@@H]4C3)cc2)no1. The minimum atomic E-state index is -1.01. The Morgan fingerprint density at radius 2 is 1.72 bits per heavy atom. The van der Waals surface area contributed by atoms with Gasteiger partial charge in [-0.05, 0) is 61.9 Å². The summed E-state index contributed by atoms with van der Waals surface area (Å²) < 4.78 is 7.57. The third kappa shape index (κ3) is 9.24. The van der Waals surface area contributed by atoms with Gasteiger partial charge in [0.05, 0.1) is 29.4 Å². The van der Waals surface area contributed by atoms with Gasteiger partial charge in [0, 0.05) is 86.2 Å². The Morgan fingerprint density at radius 1 is 0.928 bits per heavy atom. The van der Waals surface area contributed by atoms with Gasteiger partial charge in [0.15, 0.2) is 5.82 Å². The van der Waals surface area contributed by atoms with Gasteiger partial charge in [0.2, 0.25) is 23.6 Å². The molecule has 7 heterocycles. The lowest BCUT2D eigenvalue weighted by Gasteiger charge is -2.43. The number of hydrogen-bond donors (Lipinski definition) is 4. The van der Waals surface area contributed by atoms with Crippen molar-refractivity contribution >= 4 is 64.4 Å². The lowest BCUT2D eigenvalue weighted by Crippen LogP contribution is -2.54. The second kappa shape index (κ2) is 18.4. The topological polar surface area (TPSA) is 230 Å². The van der Waals surface area contributed by atoms with E-state index in [2.05, 4.69) is 52.4 Å². The van der Waals surface area contributed by atoms with Crippen molar-refractivity contribution < 1.29 is 33.3 Å². The summed E-state index contributed by atoms with van der Waals surface area (Å²) in [5.41, 5.74) is 11.8. The van der Waals surface area contributed by atoms with Crippen molar-refractivity contribution in [2.75, 3.05) is 48.7 Å². The van der Waals surface area contributed by atoms with Gasteiger partial charge >= 0.3 is 0 Å². The smallest absolute Gasteiger partial charge is 0.262 e. The zero-order chi connectivity index (χ0) is 48.1. The summed E-state index contributed by atoms with van der Waals surface area (Å²) >= 11 is 0. The van der Waals surface area contributed by atoms with Gasteiger partial charge < -0.3 is 30.7 Å². The molecule has 2 aromatic carbocycles. The highest BCUT2D eigenvalue weighted by atomic mass is 16.5. The highest BCUT2D eigenvalue weighted by Crippen LogP contribution is 2.39. The molecule has 4 aliphatic heterocycles. The second-order valence-corrected chi connectivity index (χ2v) is 20.1. The highest BCUT2D eigenvalue weighted by Gasteiger charge is 2.45. The van der Waals surface area contributed by atoms with E-state index in [9.17, 15) is 28.8 Å². The molecule has 18 heteroatoms. The number of carbonyl (C=O) groups excluding carboxylic acids is 6. The molecule has 358 valence electrons. The largest absolute Gasteiger partial charge is 0.382 e. The number of hydrogen-bond acceptors (Lipinski definition) is 13.